The van der Waals surface area contributed by atoms with Gasteiger partial charge in [-0.15, -0.1) is 0 Å². The van der Waals surface area contributed by atoms with E-state index in [1.165, 1.54) is 13.4 Å². The molecule has 0 bridgehead atoms. The third-order valence-corrected chi connectivity index (χ3v) is 2.68. The van der Waals surface area contributed by atoms with Crippen LogP contribution in [0, 0.1) is 0 Å². The SMILES string of the molecule is COc1cc(Oc2ccc(Cl)c(Cl)c2)ncn1. The van der Waals surface area contributed by atoms with Crippen molar-refractivity contribution >= 4 is 23.2 Å². The van der Waals surface area contributed by atoms with Crippen molar-refractivity contribution in [3.8, 4) is 17.5 Å². The van der Waals surface area contributed by atoms with Gasteiger partial charge in [0.05, 0.1) is 23.2 Å². The molecule has 1 aromatic carbocycles. The lowest BCUT2D eigenvalue weighted by molar-refractivity contribution is 0.388. The maximum atomic E-state index is 5.87. The lowest BCUT2D eigenvalue weighted by atomic mass is 10.3. The van der Waals surface area contributed by atoms with Gasteiger partial charge >= 0.3 is 0 Å². The Kier molecular flexibility index (Phi) is 3.66. The monoisotopic (exact) mass is 270 g/mol. The van der Waals surface area contributed by atoms with Crippen molar-refractivity contribution in [1.29, 1.82) is 0 Å². The molecule has 4 nitrogen and oxygen atoms in total. The Morgan fingerprint density at radius 1 is 1.00 bits per heavy atom. The number of hydrogen-bond donors (Lipinski definition) is 0. The second kappa shape index (κ2) is 5.21. The van der Waals surface area contributed by atoms with Crippen molar-refractivity contribution in [3.05, 3.63) is 40.6 Å². The summed E-state index contributed by atoms with van der Waals surface area (Å²) >= 11 is 11.7. The second-order valence-corrected chi connectivity index (χ2v) is 3.89. The summed E-state index contributed by atoms with van der Waals surface area (Å²) in [7, 11) is 1.52. The summed E-state index contributed by atoms with van der Waals surface area (Å²) in [6, 6.07) is 6.53. The molecule has 0 fully saturated rings. The minimum Gasteiger partial charge on any atom is -0.481 e. The maximum absolute atomic E-state index is 5.87. The van der Waals surface area contributed by atoms with Crippen LogP contribution in [0.3, 0.4) is 0 Å². The van der Waals surface area contributed by atoms with Gasteiger partial charge in [0, 0.05) is 6.07 Å². The van der Waals surface area contributed by atoms with E-state index in [0.29, 0.717) is 27.6 Å². The van der Waals surface area contributed by atoms with Gasteiger partial charge in [-0.2, -0.15) is 0 Å². The van der Waals surface area contributed by atoms with Crippen molar-refractivity contribution in [2.24, 2.45) is 0 Å². The van der Waals surface area contributed by atoms with E-state index in [4.69, 9.17) is 32.7 Å². The van der Waals surface area contributed by atoms with E-state index >= 15 is 0 Å². The average molecular weight is 271 g/mol. The Labute approximate surface area is 108 Å². The molecule has 17 heavy (non-hydrogen) atoms. The van der Waals surface area contributed by atoms with E-state index in [1.807, 2.05) is 0 Å². The fraction of sp³-hybridized carbons (Fsp3) is 0.0909. The molecule has 0 N–H and O–H groups in total. The minimum absolute atomic E-state index is 0.371. The summed E-state index contributed by atoms with van der Waals surface area (Å²) < 4.78 is 10.4. The standard InChI is InChI=1S/C11H8Cl2N2O2/c1-16-10-5-11(15-6-14-10)17-7-2-3-8(12)9(13)4-7/h2-6H,1H3. The molecule has 0 unspecified atom stereocenters. The van der Waals surface area contributed by atoms with E-state index in [-0.39, 0.29) is 0 Å². The van der Waals surface area contributed by atoms with Crippen LogP contribution in [0.15, 0.2) is 30.6 Å². The molecular weight excluding hydrogens is 263 g/mol. The van der Waals surface area contributed by atoms with Crippen LogP contribution < -0.4 is 9.47 Å². The fourth-order valence-corrected chi connectivity index (χ4v) is 1.44. The Bertz CT molecular complexity index is 535. The van der Waals surface area contributed by atoms with Crippen LogP contribution >= 0.6 is 23.2 Å². The van der Waals surface area contributed by atoms with Gasteiger partial charge in [-0.1, -0.05) is 23.2 Å². The summed E-state index contributed by atoms with van der Waals surface area (Å²) in [5, 5.41) is 0.893. The molecule has 0 radical (unpaired) electrons. The van der Waals surface area contributed by atoms with Gasteiger partial charge in [0.2, 0.25) is 11.8 Å². The number of nitrogens with zero attached hydrogens (tertiary/aromatic N) is 2. The van der Waals surface area contributed by atoms with Crippen molar-refractivity contribution in [3.63, 3.8) is 0 Å². The summed E-state index contributed by atoms with van der Waals surface area (Å²) in [6.45, 7) is 0. The zero-order valence-corrected chi connectivity index (χ0v) is 10.4. The minimum atomic E-state index is 0.371. The molecule has 0 spiro atoms. The van der Waals surface area contributed by atoms with Gasteiger partial charge in [-0.3, -0.25) is 0 Å². The van der Waals surface area contributed by atoms with Gasteiger partial charge < -0.3 is 9.47 Å². The lowest BCUT2D eigenvalue weighted by Gasteiger charge is -2.06. The molecule has 1 aromatic heterocycles. The van der Waals surface area contributed by atoms with Crippen LogP contribution in [0.4, 0.5) is 0 Å². The summed E-state index contributed by atoms with van der Waals surface area (Å²) in [6.07, 6.45) is 1.35. The predicted octanol–water partition coefficient (Wildman–Crippen LogP) is 3.58. The average Bonchev–Trinajstić information content (AvgIpc) is 2.34. The number of benzene rings is 1. The first-order valence-electron chi connectivity index (χ1n) is 4.68. The molecular formula is C11H8Cl2N2O2. The third kappa shape index (κ3) is 2.99. The van der Waals surface area contributed by atoms with Gasteiger partial charge in [0.15, 0.2) is 0 Å². The van der Waals surface area contributed by atoms with E-state index in [2.05, 4.69) is 9.97 Å². The normalized spacial score (nSPS) is 10.1. The molecule has 6 heteroatoms. The molecule has 2 rings (SSSR count). The van der Waals surface area contributed by atoms with Gasteiger partial charge in [0.25, 0.3) is 0 Å². The topological polar surface area (TPSA) is 44.2 Å². The fourth-order valence-electron chi connectivity index (χ4n) is 1.15. The van der Waals surface area contributed by atoms with Crippen molar-refractivity contribution in [1.82, 2.24) is 9.97 Å². The highest BCUT2D eigenvalue weighted by Crippen LogP contribution is 2.29. The Morgan fingerprint density at radius 2 is 1.76 bits per heavy atom. The zero-order chi connectivity index (χ0) is 12.3. The molecule has 0 saturated heterocycles. The highest BCUT2D eigenvalue weighted by Gasteiger charge is 2.04. The molecule has 0 aliphatic carbocycles. The van der Waals surface area contributed by atoms with Gasteiger partial charge in [-0.05, 0) is 12.1 Å². The highest BCUT2D eigenvalue weighted by molar-refractivity contribution is 6.42. The molecule has 1 heterocycles. The van der Waals surface area contributed by atoms with Crippen molar-refractivity contribution in [2.45, 2.75) is 0 Å². The van der Waals surface area contributed by atoms with Crippen LogP contribution in [-0.2, 0) is 0 Å². The molecule has 0 atom stereocenters. The Balaban J connectivity index is 2.22. The van der Waals surface area contributed by atoms with Crippen molar-refractivity contribution in [2.75, 3.05) is 7.11 Å². The van der Waals surface area contributed by atoms with Crippen molar-refractivity contribution < 1.29 is 9.47 Å². The van der Waals surface area contributed by atoms with Crippen LogP contribution in [0.5, 0.6) is 17.5 Å². The Hall–Kier alpha value is -1.52. The largest absolute Gasteiger partial charge is 0.481 e. The molecule has 2 aromatic rings. The van der Waals surface area contributed by atoms with Crippen LogP contribution in [0.2, 0.25) is 10.0 Å². The van der Waals surface area contributed by atoms with Crippen LogP contribution in [0.25, 0.3) is 0 Å². The summed E-state index contributed by atoms with van der Waals surface area (Å²) in [5.74, 6) is 1.34. The first-order chi connectivity index (χ1) is 8.19. The lowest BCUT2D eigenvalue weighted by Crippen LogP contribution is -1.92. The highest BCUT2D eigenvalue weighted by atomic mass is 35.5. The van der Waals surface area contributed by atoms with E-state index in [1.54, 1.807) is 24.3 Å². The summed E-state index contributed by atoms with van der Waals surface area (Å²) in [4.78, 5) is 7.82. The number of aromatic nitrogens is 2. The number of methoxy groups -OCH3 is 1. The molecule has 0 amide bonds. The second-order valence-electron chi connectivity index (χ2n) is 3.08. The summed E-state index contributed by atoms with van der Waals surface area (Å²) in [5.41, 5.74) is 0. The number of hydrogen-bond acceptors (Lipinski definition) is 4. The third-order valence-electron chi connectivity index (χ3n) is 1.94. The number of halogens is 2. The number of rotatable bonds is 3. The maximum Gasteiger partial charge on any atom is 0.226 e. The number of ether oxygens (including phenoxy) is 2. The van der Waals surface area contributed by atoms with Crippen LogP contribution in [0.1, 0.15) is 0 Å². The van der Waals surface area contributed by atoms with E-state index in [9.17, 15) is 0 Å². The predicted molar refractivity (Wildman–Crippen MR) is 65.1 cm³/mol. The van der Waals surface area contributed by atoms with Crippen LogP contribution in [-0.4, -0.2) is 17.1 Å². The van der Waals surface area contributed by atoms with E-state index in [0.717, 1.165) is 0 Å². The van der Waals surface area contributed by atoms with E-state index < -0.39 is 0 Å². The molecule has 88 valence electrons. The first-order valence-corrected chi connectivity index (χ1v) is 5.43. The molecule has 0 saturated carbocycles. The first kappa shape index (κ1) is 12.0. The Morgan fingerprint density at radius 3 is 2.47 bits per heavy atom. The quantitative estimate of drug-likeness (QED) is 0.855. The molecule has 0 aliphatic rings. The smallest absolute Gasteiger partial charge is 0.226 e. The van der Waals surface area contributed by atoms with Gasteiger partial charge in [0.1, 0.15) is 12.1 Å². The zero-order valence-electron chi connectivity index (χ0n) is 8.85. The van der Waals surface area contributed by atoms with Gasteiger partial charge in [-0.25, -0.2) is 9.97 Å². The molecule has 0 aliphatic heterocycles.